The van der Waals surface area contributed by atoms with E-state index in [1.807, 2.05) is 0 Å². The van der Waals surface area contributed by atoms with Gasteiger partial charge in [-0.25, -0.2) is 0 Å². The van der Waals surface area contributed by atoms with Crippen LogP contribution in [-0.4, -0.2) is 17.0 Å². The van der Waals surface area contributed by atoms with Gasteiger partial charge >= 0.3 is 11.4 Å². The molecule has 1 aromatic rings. The number of ether oxygens (including phenoxy) is 1. The molecule has 0 heterocycles. The maximum atomic E-state index is 11.1. The summed E-state index contributed by atoms with van der Waals surface area (Å²) in [5.41, 5.74) is 0.00782. The van der Waals surface area contributed by atoms with Crippen molar-refractivity contribution in [3.63, 3.8) is 0 Å². The topological polar surface area (TPSA) is 95.5 Å². The summed E-state index contributed by atoms with van der Waals surface area (Å²) in [5, 5.41) is 22.2. The van der Waals surface area contributed by atoms with Crippen molar-refractivity contribution < 1.29 is 14.6 Å². The van der Waals surface area contributed by atoms with Crippen LogP contribution >= 0.6 is 0 Å². The zero-order valence-corrected chi connectivity index (χ0v) is 11.2. The van der Waals surface area contributed by atoms with Crippen LogP contribution in [0.25, 0.3) is 0 Å². The van der Waals surface area contributed by atoms with Crippen LogP contribution in [0.3, 0.4) is 0 Å². The van der Waals surface area contributed by atoms with E-state index in [4.69, 9.17) is 4.74 Å². The molecule has 0 saturated heterocycles. The molecule has 0 radical (unpaired) electrons. The van der Waals surface area contributed by atoms with Gasteiger partial charge in [-0.15, -0.1) is 0 Å². The second-order valence-corrected chi connectivity index (χ2v) is 4.94. The zero-order valence-electron chi connectivity index (χ0n) is 11.2. The Morgan fingerprint density at radius 1 is 1.05 bits per heavy atom. The molecule has 1 aliphatic carbocycles. The van der Waals surface area contributed by atoms with Crippen LogP contribution in [0.4, 0.5) is 11.4 Å². The lowest BCUT2D eigenvalue weighted by Gasteiger charge is -2.21. The number of nitrogens with zero attached hydrogens (tertiary/aromatic N) is 2. The lowest BCUT2D eigenvalue weighted by atomic mass is 9.83. The quantitative estimate of drug-likeness (QED) is 0.620. The van der Waals surface area contributed by atoms with Gasteiger partial charge < -0.3 is 4.74 Å². The molecule has 20 heavy (non-hydrogen) atoms. The van der Waals surface area contributed by atoms with E-state index in [0.29, 0.717) is 5.56 Å². The van der Waals surface area contributed by atoms with Gasteiger partial charge in [0.05, 0.1) is 17.0 Å². The molecular formula is C13H16N2O5. The third-order valence-corrected chi connectivity index (χ3v) is 3.75. The van der Waals surface area contributed by atoms with E-state index in [0.717, 1.165) is 32.1 Å². The number of hydrogen-bond acceptors (Lipinski definition) is 5. The third kappa shape index (κ3) is 2.71. The van der Waals surface area contributed by atoms with E-state index in [1.165, 1.54) is 19.2 Å². The van der Waals surface area contributed by atoms with E-state index < -0.39 is 9.85 Å². The highest BCUT2D eigenvalue weighted by atomic mass is 16.6. The van der Waals surface area contributed by atoms with Gasteiger partial charge in [0.2, 0.25) is 0 Å². The van der Waals surface area contributed by atoms with E-state index in [1.54, 1.807) is 0 Å². The van der Waals surface area contributed by atoms with Crippen LogP contribution < -0.4 is 4.74 Å². The van der Waals surface area contributed by atoms with Crippen molar-refractivity contribution in [2.75, 3.05) is 7.11 Å². The largest absolute Gasteiger partial charge is 0.485 e. The van der Waals surface area contributed by atoms with E-state index in [-0.39, 0.29) is 23.0 Å². The summed E-state index contributed by atoms with van der Waals surface area (Å²) < 4.78 is 4.86. The fourth-order valence-corrected chi connectivity index (χ4v) is 2.77. The van der Waals surface area contributed by atoms with Crippen LogP contribution in [0.2, 0.25) is 0 Å². The van der Waals surface area contributed by atoms with E-state index in [2.05, 4.69) is 0 Å². The molecule has 0 unspecified atom stereocenters. The third-order valence-electron chi connectivity index (χ3n) is 3.75. The summed E-state index contributed by atoms with van der Waals surface area (Å²) in [4.78, 5) is 20.9. The maximum Gasteiger partial charge on any atom is 0.318 e. The normalized spacial score (nSPS) is 15.8. The Labute approximate surface area is 115 Å². The summed E-state index contributed by atoms with van der Waals surface area (Å²) in [7, 11) is 1.20. The molecule has 108 valence electrons. The SMILES string of the molecule is COc1c([N+](=O)[O-])cc(C2CCCCC2)cc1[N+](=O)[O-]. The van der Waals surface area contributed by atoms with E-state index >= 15 is 0 Å². The summed E-state index contributed by atoms with van der Waals surface area (Å²) >= 11 is 0. The predicted molar refractivity (Wildman–Crippen MR) is 72.1 cm³/mol. The first-order chi connectivity index (χ1) is 9.54. The highest BCUT2D eigenvalue weighted by Gasteiger charge is 2.30. The van der Waals surface area contributed by atoms with Gasteiger partial charge in [-0.2, -0.15) is 0 Å². The first kappa shape index (κ1) is 14.2. The molecule has 0 aliphatic heterocycles. The van der Waals surface area contributed by atoms with Gasteiger partial charge in [0, 0.05) is 12.1 Å². The lowest BCUT2D eigenvalue weighted by molar-refractivity contribution is -0.396. The molecule has 0 atom stereocenters. The fourth-order valence-electron chi connectivity index (χ4n) is 2.77. The smallest absolute Gasteiger partial charge is 0.318 e. The zero-order chi connectivity index (χ0) is 14.7. The van der Waals surface area contributed by atoms with Crippen molar-refractivity contribution in [2.45, 2.75) is 38.0 Å². The summed E-state index contributed by atoms with van der Waals surface area (Å²) in [6, 6.07) is 2.84. The lowest BCUT2D eigenvalue weighted by Crippen LogP contribution is -2.07. The van der Waals surface area contributed by atoms with Gasteiger partial charge in [0.25, 0.3) is 5.75 Å². The van der Waals surface area contributed by atoms with Crippen molar-refractivity contribution >= 4 is 11.4 Å². The first-order valence-electron chi connectivity index (χ1n) is 6.55. The fraction of sp³-hybridized carbons (Fsp3) is 0.538. The summed E-state index contributed by atoms with van der Waals surface area (Å²) in [6.45, 7) is 0. The predicted octanol–water partition coefficient (Wildman–Crippen LogP) is 3.56. The van der Waals surface area contributed by atoms with Crippen LogP contribution in [0.1, 0.15) is 43.6 Å². The molecule has 2 rings (SSSR count). The molecule has 1 fully saturated rings. The minimum Gasteiger partial charge on any atom is -0.485 e. The van der Waals surface area contributed by atoms with Gasteiger partial charge in [-0.05, 0) is 24.3 Å². The Hall–Kier alpha value is -2.18. The standard InChI is InChI=1S/C13H16N2O5/c1-20-13-11(14(16)17)7-10(8-12(13)15(18)19)9-5-3-2-4-6-9/h7-9H,2-6H2,1H3. The molecule has 0 aromatic heterocycles. The first-order valence-corrected chi connectivity index (χ1v) is 6.55. The molecular weight excluding hydrogens is 264 g/mol. The number of hydrogen-bond donors (Lipinski definition) is 0. The highest BCUT2D eigenvalue weighted by Crippen LogP contribution is 2.42. The molecule has 7 nitrogen and oxygen atoms in total. The Bertz CT molecular complexity index is 503. The van der Waals surface area contributed by atoms with Gasteiger partial charge in [0.15, 0.2) is 0 Å². The molecule has 1 aromatic carbocycles. The van der Waals surface area contributed by atoms with Crippen molar-refractivity contribution in [3.05, 3.63) is 37.9 Å². The van der Waals surface area contributed by atoms with E-state index in [9.17, 15) is 20.2 Å². The average molecular weight is 280 g/mol. The van der Waals surface area contributed by atoms with Crippen LogP contribution in [-0.2, 0) is 0 Å². The number of benzene rings is 1. The minimum atomic E-state index is -0.627. The molecule has 0 amide bonds. The maximum absolute atomic E-state index is 11.1. The van der Waals surface area contributed by atoms with Crippen molar-refractivity contribution in [1.29, 1.82) is 0 Å². The molecule has 0 spiro atoms. The number of nitro benzene ring substituents is 2. The molecule has 1 saturated carbocycles. The Balaban J connectivity index is 2.53. The minimum absolute atomic E-state index is 0.159. The second kappa shape index (κ2) is 5.85. The average Bonchev–Trinajstić information content (AvgIpc) is 2.46. The highest BCUT2D eigenvalue weighted by molar-refractivity contribution is 5.62. The Morgan fingerprint density at radius 2 is 1.55 bits per heavy atom. The molecule has 0 N–H and O–H groups in total. The van der Waals surface area contributed by atoms with Gasteiger partial charge in [0.1, 0.15) is 0 Å². The van der Waals surface area contributed by atoms with Crippen molar-refractivity contribution in [3.8, 4) is 5.75 Å². The Kier molecular flexibility index (Phi) is 4.16. The molecule has 1 aliphatic rings. The number of methoxy groups -OCH3 is 1. The molecule has 7 heteroatoms. The van der Waals surface area contributed by atoms with Gasteiger partial charge in [-0.3, -0.25) is 20.2 Å². The van der Waals surface area contributed by atoms with Crippen LogP contribution in [0, 0.1) is 20.2 Å². The Morgan fingerprint density at radius 3 is 1.95 bits per heavy atom. The van der Waals surface area contributed by atoms with Crippen molar-refractivity contribution in [2.24, 2.45) is 0 Å². The molecule has 0 bridgehead atoms. The second-order valence-electron chi connectivity index (χ2n) is 4.94. The van der Waals surface area contributed by atoms with Crippen LogP contribution in [0.5, 0.6) is 5.75 Å². The van der Waals surface area contributed by atoms with Crippen LogP contribution in [0.15, 0.2) is 12.1 Å². The number of rotatable bonds is 4. The number of nitro groups is 2. The van der Waals surface area contributed by atoms with Gasteiger partial charge in [-0.1, -0.05) is 19.3 Å². The summed E-state index contributed by atoms with van der Waals surface area (Å²) in [5.74, 6) is -0.119. The summed E-state index contributed by atoms with van der Waals surface area (Å²) in [6.07, 6.45) is 5.09. The van der Waals surface area contributed by atoms with Crippen molar-refractivity contribution in [1.82, 2.24) is 0 Å². The monoisotopic (exact) mass is 280 g/mol.